The molecule has 2 aromatic carbocycles. The SMILES string of the molecule is Cc1c(N)c2ccccc2c(=O)n1Cc1ccc(S(C)(=O)=O)cc1. The summed E-state index contributed by atoms with van der Waals surface area (Å²) < 4.78 is 24.7. The van der Waals surface area contributed by atoms with E-state index in [4.69, 9.17) is 5.73 Å². The normalized spacial score (nSPS) is 11.8. The summed E-state index contributed by atoms with van der Waals surface area (Å²) in [5.74, 6) is 0. The van der Waals surface area contributed by atoms with Crippen molar-refractivity contribution < 1.29 is 8.42 Å². The number of aromatic nitrogens is 1. The zero-order chi connectivity index (χ0) is 17.5. The van der Waals surface area contributed by atoms with Gasteiger partial charge in [-0.25, -0.2) is 8.42 Å². The number of nitrogen functional groups attached to an aromatic ring is 1. The average Bonchev–Trinajstić information content (AvgIpc) is 2.56. The van der Waals surface area contributed by atoms with Crippen LogP contribution >= 0.6 is 0 Å². The van der Waals surface area contributed by atoms with Crippen LogP contribution in [0.15, 0.2) is 58.2 Å². The summed E-state index contributed by atoms with van der Waals surface area (Å²) >= 11 is 0. The molecule has 0 saturated carbocycles. The van der Waals surface area contributed by atoms with Crippen LogP contribution < -0.4 is 11.3 Å². The second-order valence-corrected chi connectivity index (χ2v) is 7.87. The Morgan fingerprint density at radius 1 is 1.00 bits per heavy atom. The molecule has 0 amide bonds. The first kappa shape index (κ1) is 16.3. The van der Waals surface area contributed by atoms with Crippen molar-refractivity contribution in [2.75, 3.05) is 12.0 Å². The standard InChI is InChI=1S/C18H18N2O3S/c1-12-17(19)15-5-3-4-6-16(15)18(21)20(12)11-13-7-9-14(10-8-13)24(2,22)23/h3-10H,11,19H2,1-2H3. The van der Waals surface area contributed by atoms with Crippen LogP contribution in [0.2, 0.25) is 0 Å². The van der Waals surface area contributed by atoms with E-state index in [1.54, 1.807) is 34.9 Å². The molecular weight excluding hydrogens is 324 g/mol. The van der Waals surface area contributed by atoms with Crippen molar-refractivity contribution in [3.63, 3.8) is 0 Å². The van der Waals surface area contributed by atoms with Crippen LogP contribution in [0.4, 0.5) is 5.69 Å². The predicted octanol–water partition coefficient (Wildman–Crippen LogP) is 2.34. The van der Waals surface area contributed by atoms with E-state index in [0.717, 1.165) is 10.9 Å². The highest BCUT2D eigenvalue weighted by atomic mass is 32.2. The highest BCUT2D eigenvalue weighted by Gasteiger charge is 2.12. The Morgan fingerprint density at radius 2 is 1.58 bits per heavy atom. The molecule has 6 heteroatoms. The summed E-state index contributed by atoms with van der Waals surface area (Å²) in [6.45, 7) is 2.15. The topological polar surface area (TPSA) is 82.2 Å². The van der Waals surface area contributed by atoms with Gasteiger partial charge in [0.05, 0.1) is 17.1 Å². The first-order chi connectivity index (χ1) is 11.3. The molecule has 5 nitrogen and oxygen atoms in total. The minimum absolute atomic E-state index is 0.107. The lowest BCUT2D eigenvalue weighted by Gasteiger charge is -2.15. The maximum Gasteiger partial charge on any atom is 0.259 e. The Bertz CT molecular complexity index is 1080. The van der Waals surface area contributed by atoms with Crippen LogP contribution in [0.3, 0.4) is 0 Å². The number of rotatable bonds is 3. The average molecular weight is 342 g/mol. The smallest absolute Gasteiger partial charge is 0.259 e. The van der Waals surface area contributed by atoms with Gasteiger partial charge in [0.2, 0.25) is 0 Å². The minimum atomic E-state index is -3.23. The number of nitrogens with zero attached hydrogens (tertiary/aromatic N) is 1. The van der Waals surface area contributed by atoms with E-state index in [9.17, 15) is 13.2 Å². The Morgan fingerprint density at radius 3 is 2.17 bits per heavy atom. The Kier molecular flexibility index (Phi) is 3.93. The minimum Gasteiger partial charge on any atom is -0.397 e. The first-order valence-corrected chi connectivity index (χ1v) is 9.35. The third-order valence-electron chi connectivity index (χ3n) is 4.18. The monoisotopic (exact) mass is 342 g/mol. The van der Waals surface area contributed by atoms with Crippen LogP contribution in [0.5, 0.6) is 0 Å². The molecule has 3 rings (SSSR count). The number of hydrogen-bond donors (Lipinski definition) is 1. The van der Waals surface area contributed by atoms with E-state index in [-0.39, 0.29) is 10.5 Å². The summed E-state index contributed by atoms with van der Waals surface area (Å²) in [5.41, 5.74) is 8.19. The largest absolute Gasteiger partial charge is 0.397 e. The Labute approximate surface area is 140 Å². The molecule has 1 heterocycles. The van der Waals surface area contributed by atoms with E-state index in [2.05, 4.69) is 0 Å². The fraction of sp³-hybridized carbons (Fsp3) is 0.167. The van der Waals surface area contributed by atoms with Crippen molar-refractivity contribution in [3.05, 3.63) is 70.1 Å². The summed E-state index contributed by atoms with van der Waals surface area (Å²) in [5, 5.41) is 1.33. The summed E-state index contributed by atoms with van der Waals surface area (Å²) in [6, 6.07) is 13.8. The van der Waals surface area contributed by atoms with Crippen molar-refractivity contribution in [3.8, 4) is 0 Å². The molecule has 0 aliphatic carbocycles. The second-order valence-electron chi connectivity index (χ2n) is 5.85. The van der Waals surface area contributed by atoms with Crippen LogP contribution in [-0.2, 0) is 16.4 Å². The van der Waals surface area contributed by atoms with Crippen molar-refractivity contribution in [1.82, 2.24) is 4.57 Å². The number of benzene rings is 2. The lowest BCUT2D eigenvalue weighted by molar-refractivity contribution is 0.602. The van der Waals surface area contributed by atoms with Gasteiger partial charge in [0.1, 0.15) is 0 Å². The molecule has 2 N–H and O–H groups in total. The summed E-state index contributed by atoms with van der Waals surface area (Å²) in [6.07, 6.45) is 1.17. The molecule has 0 saturated heterocycles. The molecule has 0 atom stereocenters. The van der Waals surface area contributed by atoms with Crippen molar-refractivity contribution in [2.24, 2.45) is 0 Å². The molecule has 0 unspecified atom stereocenters. The van der Waals surface area contributed by atoms with Gasteiger partial charge in [-0.05, 0) is 30.7 Å². The fourth-order valence-electron chi connectivity index (χ4n) is 2.76. The number of anilines is 1. The third-order valence-corrected chi connectivity index (χ3v) is 5.31. The molecule has 24 heavy (non-hydrogen) atoms. The maximum absolute atomic E-state index is 12.7. The molecule has 0 spiro atoms. The molecule has 3 aromatic rings. The highest BCUT2D eigenvalue weighted by Crippen LogP contribution is 2.22. The quantitative estimate of drug-likeness (QED) is 0.792. The molecule has 0 fully saturated rings. The van der Waals surface area contributed by atoms with Gasteiger partial charge in [-0.2, -0.15) is 0 Å². The predicted molar refractivity (Wildman–Crippen MR) is 96.0 cm³/mol. The molecule has 124 valence electrons. The fourth-order valence-corrected chi connectivity index (χ4v) is 3.39. The van der Waals surface area contributed by atoms with Crippen LogP contribution in [0.25, 0.3) is 10.8 Å². The van der Waals surface area contributed by atoms with E-state index in [1.165, 1.54) is 6.26 Å². The number of fused-ring (bicyclic) bond motifs is 1. The molecule has 0 aliphatic rings. The highest BCUT2D eigenvalue weighted by molar-refractivity contribution is 7.90. The molecule has 1 aromatic heterocycles. The van der Waals surface area contributed by atoms with E-state index < -0.39 is 9.84 Å². The van der Waals surface area contributed by atoms with Crippen molar-refractivity contribution in [1.29, 1.82) is 0 Å². The number of sulfone groups is 1. The molecule has 0 radical (unpaired) electrons. The van der Waals surface area contributed by atoms with Crippen LogP contribution in [-0.4, -0.2) is 19.2 Å². The summed E-state index contributed by atoms with van der Waals surface area (Å²) in [7, 11) is -3.23. The van der Waals surface area contributed by atoms with E-state index in [1.807, 2.05) is 25.1 Å². The van der Waals surface area contributed by atoms with Gasteiger partial charge in [-0.15, -0.1) is 0 Å². The second kappa shape index (κ2) is 5.79. The maximum atomic E-state index is 12.7. The van der Waals surface area contributed by atoms with Gasteiger partial charge in [0.25, 0.3) is 5.56 Å². The first-order valence-electron chi connectivity index (χ1n) is 7.45. The van der Waals surface area contributed by atoms with Crippen molar-refractivity contribution >= 4 is 26.3 Å². The number of nitrogens with two attached hydrogens (primary N) is 1. The zero-order valence-electron chi connectivity index (χ0n) is 13.5. The lowest BCUT2D eigenvalue weighted by Crippen LogP contribution is -2.24. The van der Waals surface area contributed by atoms with Gasteiger partial charge in [-0.3, -0.25) is 4.79 Å². The van der Waals surface area contributed by atoms with Gasteiger partial charge in [-0.1, -0.05) is 30.3 Å². The van der Waals surface area contributed by atoms with E-state index in [0.29, 0.717) is 23.3 Å². The van der Waals surface area contributed by atoms with Gasteiger partial charge in [0, 0.05) is 22.7 Å². The molecule has 0 bridgehead atoms. The van der Waals surface area contributed by atoms with Gasteiger partial charge >= 0.3 is 0 Å². The molecular formula is C18H18N2O3S. The zero-order valence-corrected chi connectivity index (χ0v) is 14.3. The molecule has 0 aliphatic heterocycles. The van der Waals surface area contributed by atoms with E-state index >= 15 is 0 Å². The van der Waals surface area contributed by atoms with Crippen LogP contribution in [0, 0.1) is 6.92 Å². The Hall–Kier alpha value is -2.60. The van der Waals surface area contributed by atoms with Crippen molar-refractivity contribution in [2.45, 2.75) is 18.4 Å². The Balaban J connectivity index is 2.09. The van der Waals surface area contributed by atoms with Gasteiger partial charge < -0.3 is 10.3 Å². The van der Waals surface area contributed by atoms with Gasteiger partial charge in [0.15, 0.2) is 9.84 Å². The summed E-state index contributed by atoms with van der Waals surface area (Å²) in [4.78, 5) is 13.0. The third kappa shape index (κ3) is 2.80. The number of pyridine rings is 1. The number of hydrogen-bond acceptors (Lipinski definition) is 4. The lowest BCUT2D eigenvalue weighted by atomic mass is 10.1. The van der Waals surface area contributed by atoms with Crippen LogP contribution in [0.1, 0.15) is 11.3 Å².